The zero-order valence-electron chi connectivity index (χ0n) is 6.60. The van der Waals surface area contributed by atoms with E-state index >= 15 is 0 Å². The summed E-state index contributed by atoms with van der Waals surface area (Å²) in [5, 5.41) is 8.48. The average molecular weight is 239 g/mol. The summed E-state index contributed by atoms with van der Waals surface area (Å²) in [6.07, 6.45) is 0. The van der Waals surface area contributed by atoms with Crippen LogP contribution in [0.1, 0.15) is 20.8 Å². The summed E-state index contributed by atoms with van der Waals surface area (Å²) in [6, 6.07) is 0. The minimum Gasteiger partial charge on any atom is -0.177 e. The number of halogens is 2. The Morgan fingerprint density at radius 3 is 2.09 bits per heavy atom. The molecule has 0 spiro atoms. The molecule has 0 bridgehead atoms. The van der Waals surface area contributed by atoms with Gasteiger partial charge in [0.1, 0.15) is 0 Å². The second kappa shape index (κ2) is 2.75. The van der Waals surface area contributed by atoms with Crippen molar-refractivity contribution in [3.63, 3.8) is 0 Å². The highest BCUT2D eigenvalue weighted by Crippen LogP contribution is 2.20. The van der Waals surface area contributed by atoms with E-state index in [9.17, 15) is 0 Å². The summed E-state index contributed by atoms with van der Waals surface area (Å²) in [7, 11) is 0. The summed E-state index contributed by atoms with van der Waals surface area (Å²) < 4.78 is 0.592. The van der Waals surface area contributed by atoms with Crippen LogP contribution in [0.15, 0.2) is 4.60 Å². The van der Waals surface area contributed by atoms with Gasteiger partial charge in [-0.2, -0.15) is 4.80 Å². The molecule has 0 radical (unpaired) electrons. The van der Waals surface area contributed by atoms with Crippen LogP contribution in [0.5, 0.6) is 0 Å². The minimum absolute atomic E-state index is 0.115. The number of hydrogen-bond acceptors (Lipinski definition) is 2. The first-order valence-corrected chi connectivity index (χ1v) is 4.37. The van der Waals surface area contributed by atoms with E-state index in [-0.39, 0.29) is 5.54 Å². The quantitative estimate of drug-likeness (QED) is 0.695. The lowest BCUT2D eigenvalue weighted by Gasteiger charge is -2.16. The van der Waals surface area contributed by atoms with E-state index in [2.05, 4.69) is 26.1 Å². The Hall–Kier alpha value is -0.0900. The molecule has 1 aromatic heterocycles. The Labute approximate surface area is 78.9 Å². The molecule has 62 valence electrons. The Bertz CT molecular complexity index is 244. The average Bonchev–Trinajstić information content (AvgIpc) is 2.11. The maximum Gasteiger partial charge on any atom is 0.185 e. The molecule has 0 aliphatic rings. The van der Waals surface area contributed by atoms with Crippen molar-refractivity contribution in [2.24, 2.45) is 0 Å². The highest BCUT2D eigenvalue weighted by Gasteiger charge is 2.17. The summed E-state index contributed by atoms with van der Waals surface area (Å²) >= 11 is 8.88. The topological polar surface area (TPSA) is 30.7 Å². The van der Waals surface area contributed by atoms with Crippen LogP contribution < -0.4 is 0 Å². The normalized spacial score (nSPS) is 12.1. The third-order valence-corrected chi connectivity index (χ3v) is 2.15. The Morgan fingerprint density at radius 1 is 1.36 bits per heavy atom. The molecule has 1 heterocycles. The van der Waals surface area contributed by atoms with Crippen LogP contribution in [-0.4, -0.2) is 15.0 Å². The number of hydrogen-bond donors (Lipinski definition) is 0. The zero-order chi connectivity index (χ0) is 8.65. The van der Waals surface area contributed by atoms with Gasteiger partial charge in [-0.25, -0.2) is 0 Å². The van der Waals surface area contributed by atoms with Crippen LogP contribution in [0, 0.1) is 0 Å². The van der Waals surface area contributed by atoms with E-state index in [1.807, 2.05) is 20.8 Å². The van der Waals surface area contributed by atoms with Gasteiger partial charge in [0.05, 0.1) is 5.54 Å². The van der Waals surface area contributed by atoms with Gasteiger partial charge in [0.25, 0.3) is 0 Å². The van der Waals surface area contributed by atoms with Crippen molar-refractivity contribution in [3.05, 3.63) is 9.76 Å². The largest absolute Gasteiger partial charge is 0.185 e. The van der Waals surface area contributed by atoms with Crippen molar-refractivity contribution in [2.45, 2.75) is 26.3 Å². The second-order valence-electron chi connectivity index (χ2n) is 3.24. The highest BCUT2D eigenvalue weighted by atomic mass is 79.9. The van der Waals surface area contributed by atoms with Gasteiger partial charge >= 0.3 is 0 Å². The molecule has 1 aromatic rings. The fourth-order valence-electron chi connectivity index (χ4n) is 0.571. The van der Waals surface area contributed by atoms with Crippen LogP contribution in [0.2, 0.25) is 5.15 Å². The molecule has 0 saturated carbocycles. The molecule has 0 aliphatic heterocycles. The van der Waals surface area contributed by atoms with Gasteiger partial charge in [0.2, 0.25) is 0 Å². The summed E-state index contributed by atoms with van der Waals surface area (Å²) in [5.74, 6) is 0. The molecule has 0 saturated heterocycles. The van der Waals surface area contributed by atoms with Crippen molar-refractivity contribution in [3.8, 4) is 0 Å². The number of nitrogens with zero attached hydrogens (tertiary/aromatic N) is 3. The van der Waals surface area contributed by atoms with Gasteiger partial charge in [-0.15, -0.1) is 10.2 Å². The summed E-state index contributed by atoms with van der Waals surface area (Å²) in [4.78, 5) is 1.58. The molecule has 0 atom stereocenters. The molecule has 0 unspecified atom stereocenters. The SMILES string of the molecule is CC(C)(C)n1nc(Cl)c(Br)n1. The van der Waals surface area contributed by atoms with E-state index in [1.54, 1.807) is 4.80 Å². The van der Waals surface area contributed by atoms with Gasteiger partial charge in [-0.1, -0.05) is 11.6 Å². The van der Waals surface area contributed by atoms with E-state index in [0.29, 0.717) is 9.76 Å². The third-order valence-electron chi connectivity index (χ3n) is 1.14. The van der Waals surface area contributed by atoms with E-state index in [0.717, 1.165) is 0 Å². The monoisotopic (exact) mass is 237 g/mol. The zero-order valence-corrected chi connectivity index (χ0v) is 8.94. The van der Waals surface area contributed by atoms with Crippen LogP contribution in [0.3, 0.4) is 0 Å². The molecule has 0 aromatic carbocycles. The third kappa shape index (κ3) is 1.93. The van der Waals surface area contributed by atoms with Crippen LogP contribution in [-0.2, 0) is 5.54 Å². The fourth-order valence-corrected chi connectivity index (χ4v) is 0.910. The number of aromatic nitrogens is 3. The Kier molecular flexibility index (Phi) is 2.25. The summed E-state index contributed by atoms with van der Waals surface area (Å²) in [5.41, 5.74) is -0.115. The van der Waals surface area contributed by atoms with E-state index in [1.165, 1.54) is 0 Å². The first-order valence-electron chi connectivity index (χ1n) is 3.20. The van der Waals surface area contributed by atoms with Crippen molar-refractivity contribution in [1.82, 2.24) is 15.0 Å². The lowest BCUT2D eigenvalue weighted by Crippen LogP contribution is -2.24. The van der Waals surface area contributed by atoms with Gasteiger partial charge in [-0.05, 0) is 36.7 Å². The lowest BCUT2D eigenvalue weighted by atomic mass is 10.1. The van der Waals surface area contributed by atoms with Crippen molar-refractivity contribution >= 4 is 27.5 Å². The highest BCUT2D eigenvalue weighted by molar-refractivity contribution is 9.10. The minimum atomic E-state index is -0.115. The Balaban J connectivity index is 3.08. The lowest BCUT2D eigenvalue weighted by molar-refractivity contribution is 0.311. The van der Waals surface area contributed by atoms with E-state index < -0.39 is 0 Å². The molecule has 0 fully saturated rings. The standard InChI is InChI=1S/C6H9BrClN3/c1-6(2,3)11-9-4(7)5(8)10-11/h1-3H3. The molecule has 0 N–H and O–H groups in total. The van der Waals surface area contributed by atoms with Crippen molar-refractivity contribution < 1.29 is 0 Å². The summed E-state index contributed by atoms with van der Waals surface area (Å²) in [6.45, 7) is 6.03. The Morgan fingerprint density at radius 2 is 1.91 bits per heavy atom. The second-order valence-corrected chi connectivity index (χ2v) is 4.35. The molecular weight excluding hydrogens is 229 g/mol. The van der Waals surface area contributed by atoms with Gasteiger partial charge in [0, 0.05) is 0 Å². The molecule has 0 aliphatic carbocycles. The first kappa shape index (κ1) is 9.00. The van der Waals surface area contributed by atoms with Crippen LogP contribution in [0.4, 0.5) is 0 Å². The van der Waals surface area contributed by atoms with Crippen molar-refractivity contribution in [2.75, 3.05) is 0 Å². The number of rotatable bonds is 0. The van der Waals surface area contributed by atoms with Gasteiger partial charge in [0.15, 0.2) is 9.76 Å². The van der Waals surface area contributed by atoms with Gasteiger partial charge < -0.3 is 0 Å². The molecule has 1 rings (SSSR count). The molecular formula is C6H9BrClN3. The van der Waals surface area contributed by atoms with Crippen molar-refractivity contribution in [1.29, 1.82) is 0 Å². The smallest absolute Gasteiger partial charge is 0.177 e. The van der Waals surface area contributed by atoms with Crippen LogP contribution in [0.25, 0.3) is 0 Å². The van der Waals surface area contributed by atoms with Crippen LogP contribution >= 0.6 is 27.5 Å². The predicted molar refractivity (Wildman–Crippen MR) is 47.7 cm³/mol. The molecule has 0 amide bonds. The fraction of sp³-hybridized carbons (Fsp3) is 0.667. The molecule has 3 nitrogen and oxygen atoms in total. The predicted octanol–water partition coefficient (Wildman–Crippen LogP) is 2.45. The maximum absolute atomic E-state index is 5.69. The van der Waals surface area contributed by atoms with Gasteiger partial charge in [-0.3, -0.25) is 0 Å². The molecule has 11 heavy (non-hydrogen) atoms. The molecule has 5 heteroatoms. The van der Waals surface area contributed by atoms with E-state index in [4.69, 9.17) is 11.6 Å². The maximum atomic E-state index is 5.69. The first-order chi connectivity index (χ1) is 4.91.